The van der Waals surface area contributed by atoms with Crippen LogP contribution >= 0.6 is 0 Å². The third kappa shape index (κ3) is 4.62. The van der Waals surface area contributed by atoms with E-state index in [0.717, 1.165) is 11.3 Å². The minimum atomic E-state index is -0.300. The van der Waals surface area contributed by atoms with Crippen molar-refractivity contribution >= 4 is 34.6 Å². The summed E-state index contributed by atoms with van der Waals surface area (Å²) in [6.07, 6.45) is 0.0802. The third-order valence-electron chi connectivity index (χ3n) is 5.15. The molecule has 1 N–H and O–H groups in total. The van der Waals surface area contributed by atoms with E-state index in [4.69, 9.17) is 14.5 Å². The van der Waals surface area contributed by atoms with Gasteiger partial charge in [-0.15, -0.1) is 0 Å². The summed E-state index contributed by atoms with van der Waals surface area (Å²) in [5.74, 6) is 0.926. The molecule has 0 radical (unpaired) electrons. The minimum absolute atomic E-state index is 0.0802. The highest BCUT2D eigenvalue weighted by Gasteiger charge is 2.26. The van der Waals surface area contributed by atoms with Crippen LogP contribution in [0, 0.1) is 0 Å². The predicted molar refractivity (Wildman–Crippen MR) is 124 cm³/mol. The highest BCUT2D eigenvalue weighted by atomic mass is 16.5. The quantitative estimate of drug-likeness (QED) is 0.637. The fraction of sp³-hybridized carbons (Fsp3) is 0.160. The maximum absolute atomic E-state index is 13.2. The van der Waals surface area contributed by atoms with Gasteiger partial charge in [0, 0.05) is 5.69 Å². The molecule has 0 unspecified atom stereocenters. The topological polar surface area (TPSA) is 80.2 Å². The second-order valence-corrected chi connectivity index (χ2v) is 7.21. The van der Waals surface area contributed by atoms with E-state index in [2.05, 4.69) is 5.32 Å². The number of rotatable bonds is 6. The van der Waals surface area contributed by atoms with Crippen LogP contribution < -0.4 is 19.7 Å². The monoisotopic (exact) mass is 429 g/mol. The van der Waals surface area contributed by atoms with Crippen LogP contribution in [-0.4, -0.2) is 38.3 Å². The number of anilines is 2. The number of carbonyl (C=O) groups excluding carboxylic acids is 2. The summed E-state index contributed by atoms with van der Waals surface area (Å²) in [4.78, 5) is 32.1. The van der Waals surface area contributed by atoms with Crippen molar-refractivity contribution in [3.8, 4) is 11.5 Å². The van der Waals surface area contributed by atoms with E-state index in [0.29, 0.717) is 28.5 Å². The lowest BCUT2D eigenvalue weighted by Crippen LogP contribution is -2.38. The van der Waals surface area contributed by atoms with Gasteiger partial charge in [0.15, 0.2) is 0 Å². The van der Waals surface area contributed by atoms with Crippen LogP contribution in [0.2, 0.25) is 0 Å². The molecule has 0 aliphatic carbocycles. The molecule has 0 atom stereocenters. The number of carbonyl (C=O) groups is 2. The molecule has 7 heteroatoms. The minimum Gasteiger partial charge on any atom is -0.497 e. The third-order valence-corrected chi connectivity index (χ3v) is 5.15. The largest absolute Gasteiger partial charge is 0.497 e. The Hall–Kier alpha value is -4.13. The first kappa shape index (κ1) is 21.1. The molecule has 32 heavy (non-hydrogen) atoms. The molecular formula is C25H23N3O4. The number of ether oxygens (including phenoxy) is 2. The molecule has 162 valence electrons. The SMILES string of the molecule is COc1ccc(NC(=O)CN2C(=O)CC(c3ccc(OC)cc3)=Nc3ccccc32)cc1. The molecule has 3 aromatic rings. The van der Waals surface area contributed by atoms with E-state index in [9.17, 15) is 9.59 Å². The molecule has 1 aliphatic heterocycles. The smallest absolute Gasteiger partial charge is 0.244 e. The van der Waals surface area contributed by atoms with Crippen LogP contribution in [0.4, 0.5) is 17.1 Å². The predicted octanol–water partition coefficient (Wildman–Crippen LogP) is 4.20. The number of hydrogen-bond donors (Lipinski definition) is 1. The fourth-order valence-corrected chi connectivity index (χ4v) is 3.49. The highest BCUT2D eigenvalue weighted by Crippen LogP contribution is 2.33. The number of benzene rings is 3. The van der Waals surface area contributed by atoms with Crippen LogP contribution in [-0.2, 0) is 9.59 Å². The van der Waals surface area contributed by atoms with Crippen LogP contribution in [0.1, 0.15) is 12.0 Å². The number of hydrogen-bond acceptors (Lipinski definition) is 5. The molecule has 3 aromatic carbocycles. The zero-order valence-electron chi connectivity index (χ0n) is 17.9. The Labute approximate surface area is 186 Å². The first-order valence-electron chi connectivity index (χ1n) is 10.1. The Morgan fingerprint density at radius 1 is 0.938 bits per heavy atom. The molecule has 0 saturated carbocycles. The van der Waals surface area contributed by atoms with Crippen LogP contribution in [0.25, 0.3) is 0 Å². The van der Waals surface area contributed by atoms with Crippen molar-refractivity contribution < 1.29 is 19.1 Å². The lowest BCUT2D eigenvalue weighted by molar-refractivity contribution is -0.120. The Balaban J connectivity index is 1.56. The number of nitrogens with one attached hydrogen (secondary N) is 1. The van der Waals surface area contributed by atoms with E-state index < -0.39 is 0 Å². The summed E-state index contributed by atoms with van der Waals surface area (Å²) < 4.78 is 10.4. The zero-order valence-corrected chi connectivity index (χ0v) is 17.9. The summed E-state index contributed by atoms with van der Waals surface area (Å²) in [6, 6.07) is 21.8. The van der Waals surface area contributed by atoms with Crippen LogP contribution in [0.15, 0.2) is 77.8 Å². The molecule has 0 saturated heterocycles. The van der Waals surface area contributed by atoms with Crippen LogP contribution in [0.5, 0.6) is 11.5 Å². The summed E-state index contributed by atoms with van der Waals surface area (Å²) >= 11 is 0. The standard InChI is InChI=1S/C25H23N3O4/c1-31-19-11-7-17(8-12-19)22-15-25(30)28(23-6-4-3-5-21(23)27-22)16-24(29)26-18-9-13-20(32-2)14-10-18/h3-14H,15-16H2,1-2H3,(H,26,29). The van der Waals surface area contributed by atoms with Gasteiger partial charge in [0.25, 0.3) is 0 Å². The molecule has 7 nitrogen and oxygen atoms in total. The molecule has 1 heterocycles. The summed E-state index contributed by atoms with van der Waals surface area (Å²) in [5.41, 5.74) is 3.34. The summed E-state index contributed by atoms with van der Waals surface area (Å²) in [6.45, 7) is -0.118. The number of methoxy groups -OCH3 is 2. The van der Waals surface area contributed by atoms with Crippen molar-refractivity contribution in [1.29, 1.82) is 0 Å². The van der Waals surface area contributed by atoms with Crippen molar-refractivity contribution in [1.82, 2.24) is 0 Å². The number of fused-ring (bicyclic) bond motifs is 1. The maximum atomic E-state index is 13.2. The van der Waals surface area contributed by atoms with E-state index in [-0.39, 0.29) is 24.8 Å². The van der Waals surface area contributed by atoms with Gasteiger partial charge in [0.2, 0.25) is 11.8 Å². The Bertz CT molecular complexity index is 1150. The van der Waals surface area contributed by atoms with Crippen LogP contribution in [0.3, 0.4) is 0 Å². The molecule has 0 spiro atoms. The van der Waals surface area contributed by atoms with Gasteiger partial charge in [-0.25, -0.2) is 0 Å². The van der Waals surface area contributed by atoms with Gasteiger partial charge >= 0.3 is 0 Å². The zero-order chi connectivity index (χ0) is 22.5. The lowest BCUT2D eigenvalue weighted by Gasteiger charge is -2.22. The molecule has 0 aromatic heterocycles. The van der Waals surface area contributed by atoms with Gasteiger partial charge in [-0.2, -0.15) is 0 Å². The second kappa shape index (κ2) is 9.34. The Kier molecular flexibility index (Phi) is 6.17. The Morgan fingerprint density at radius 3 is 2.22 bits per heavy atom. The average Bonchev–Trinajstić information content (AvgIpc) is 2.96. The van der Waals surface area contributed by atoms with E-state index >= 15 is 0 Å². The normalized spacial score (nSPS) is 13.0. The van der Waals surface area contributed by atoms with Gasteiger partial charge < -0.3 is 19.7 Å². The lowest BCUT2D eigenvalue weighted by atomic mass is 10.1. The Morgan fingerprint density at radius 2 is 1.56 bits per heavy atom. The number of nitrogens with zero attached hydrogens (tertiary/aromatic N) is 2. The van der Waals surface area contributed by atoms with Gasteiger partial charge in [-0.05, 0) is 66.2 Å². The average molecular weight is 429 g/mol. The summed E-state index contributed by atoms with van der Waals surface area (Å²) in [5, 5.41) is 2.83. The molecule has 1 aliphatic rings. The first-order valence-corrected chi connectivity index (χ1v) is 10.1. The van der Waals surface area contributed by atoms with E-state index in [1.807, 2.05) is 42.5 Å². The highest BCUT2D eigenvalue weighted by molar-refractivity contribution is 6.19. The molecule has 4 rings (SSSR count). The molecule has 0 fully saturated rings. The number of para-hydroxylation sites is 2. The van der Waals surface area contributed by atoms with Gasteiger partial charge in [0.05, 0.1) is 37.7 Å². The molecular weight excluding hydrogens is 406 g/mol. The van der Waals surface area contributed by atoms with Gasteiger partial charge in [-0.1, -0.05) is 12.1 Å². The van der Waals surface area contributed by atoms with E-state index in [1.165, 1.54) is 4.90 Å². The molecule has 0 bridgehead atoms. The van der Waals surface area contributed by atoms with Gasteiger partial charge in [-0.3, -0.25) is 14.6 Å². The number of amides is 2. The van der Waals surface area contributed by atoms with Crippen molar-refractivity contribution in [3.05, 3.63) is 78.4 Å². The first-order chi connectivity index (χ1) is 15.6. The maximum Gasteiger partial charge on any atom is 0.244 e. The van der Waals surface area contributed by atoms with Crippen molar-refractivity contribution in [3.63, 3.8) is 0 Å². The fourth-order valence-electron chi connectivity index (χ4n) is 3.49. The van der Waals surface area contributed by atoms with Gasteiger partial charge in [0.1, 0.15) is 18.0 Å². The molecule has 2 amide bonds. The van der Waals surface area contributed by atoms with Crippen molar-refractivity contribution in [2.75, 3.05) is 31.0 Å². The van der Waals surface area contributed by atoms with Crippen molar-refractivity contribution in [2.45, 2.75) is 6.42 Å². The number of aliphatic imine (C=N–C) groups is 1. The summed E-state index contributed by atoms with van der Waals surface area (Å²) in [7, 11) is 3.19. The second-order valence-electron chi connectivity index (χ2n) is 7.21. The van der Waals surface area contributed by atoms with Crippen molar-refractivity contribution in [2.24, 2.45) is 4.99 Å². The van der Waals surface area contributed by atoms with E-state index in [1.54, 1.807) is 44.6 Å².